The molecule has 0 saturated carbocycles. The molecule has 1 aliphatic heterocycles. The second-order valence-corrected chi connectivity index (χ2v) is 4.22. The molecule has 0 bridgehead atoms. The number of hydrogen-bond donors (Lipinski definition) is 1. The van der Waals surface area contributed by atoms with Gasteiger partial charge in [0, 0.05) is 32.1 Å². The van der Waals surface area contributed by atoms with Crippen molar-refractivity contribution in [1.82, 2.24) is 24.5 Å². The number of rotatable bonds is 2. The smallest absolute Gasteiger partial charge is 0.241 e. The summed E-state index contributed by atoms with van der Waals surface area (Å²) in [5.41, 5.74) is 5.76. The molecule has 0 radical (unpaired) electrons. The van der Waals surface area contributed by atoms with E-state index in [2.05, 4.69) is 24.8 Å². The summed E-state index contributed by atoms with van der Waals surface area (Å²) in [5, 5.41) is 0. The molecule has 2 N–H and O–H groups in total. The lowest BCUT2D eigenvalue weighted by Gasteiger charge is -2.19. The van der Waals surface area contributed by atoms with Crippen LogP contribution in [0.2, 0.25) is 0 Å². The van der Waals surface area contributed by atoms with Crippen molar-refractivity contribution in [3.63, 3.8) is 0 Å². The van der Waals surface area contributed by atoms with Crippen LogP contribution in [0.4, 0.5) is 11.9 Å². The van der Waals surface area contributed by atoms with E-state index in [0.717, 1.165) is 26.1 Å². The van der Waals surface area contributed by atoms with E-state index in [-0.39, 0.29) is 5.95 Å². The predicted molar refractivity (Wildman–Crippen MR) is 69.0 cm³/mol. The topological polar surface area (TPSA) is 95.0 Å². The maximum atomic E-state index is 5.76. The second kappa shape index (κ2) is 5.19. The Morgan fingerprint density at radius 1 is 1.11 bits per heavy atom. The highest BCUT2D eigenvalue weighted by Crippen LogP contribution is 2.13. The zero-order valence-electron chi connectivity index (χ0n) is 10.4. The van der Waals surface area contributed by atoms with Crippen LogP contribution in [0.15, 0.2) is 18.7 Å². The lowest BCUT2D eigenvalue weighted by molar-refractivity contribution is 0.152. The van der Waals surface area contributed by atoms with Crippen molar-refractivity contribution in [3.8, 4) is 5.95 Å². The monoisotopic (exact) mass is 261 g/mol. The third kappa shape index (κ3) is 2.63. The van der Waals surface area contributed by atoms with Gasteiger partial charge in [-0.05, 0) is 6.42 Å². The number of imidazole rings is 1. The number of hydrogen-bond acceptors (Lipinski definition) is 7. The van der Waals surface area contributed by atoms with Crippen LogP contribution in [0.25, 0.3) is 5.95 Å². The van der Waals surface area contributed by atoms with Gasteiger partial charge in [-0.1, -0.05) is 0 Å². The van der Waals surface area contributed by atoms with Gasteiger partial charge in [-0.3, -0.25) is 4.57 Å². The molecular weight excluding hydrogens is 246 g/mol. The van der Waals surface area contributed by atoms with E-state index in [1.807, 2.05) is 0 Å². The summed E-state index contributed by atoms with van der Waals surface area (Å²) in [4.78, 5) is 18.8. The van der Waals surface area contributed by atoms with Gasteiger partial charge >= 0.3 is 0 Å². The Balaban J connectivity index is 1.92. The van der Waals surface area contributed by atoms with Crippen LogP contribution in [0.5, 0.6) is 0 Å². The van der Waals surface area contributed by atoms with Crippen LogP contribution in [0.3, 0.4) is 0 Å². The van der Waals surface area contributed by atoms with Gasteiger partial charge in [0.1, 0.15) is 6.33 Å². The van der Waals surface area contributed by atoms with E-state index in [1.165, 1.54) is 0 Å². The molecule has 8 heteroatoms. The SMILES string of the molecule is Nc1nc(N2CCCOCC2)nc(-n2ccnc2)n1. The summed E-state index contributed by atoms with van der Waals surface area (Å²) in [5.74, 6) is 1.27. The van der Waals surface area contributed by atoms with Crippen LogP contribution in [-0.4, -0.2) is 50.8 Å². The fraction of sp³-hybridized carbons (Fsp3) is 0.455. The minimum absolute atomic E-state index is 0.207. The van der Waals surface area contributed by atoms with Crippen molar-refractivity contribution < 1.29 is 4.74 Å². The maximum absolute atomic E-state index is 5.76. The Bertz CT molecular complexity index is 534. The lowest BCUT2D eigenvalue weighted by atomic mass is 10.4. The van der Waals surface area contributed by atoms with Crippen molar-refractivity contribution in [2.45, 2.75) is 6.42 Å². The molecule has 8 nitrogen and oxygen atoms in total. The van der Waals surface area contributed by atoms with Crippen molar-refractivity contribution in [3.05, 3.63) is 18.7 Å². The Hall–Kier alpha value is -2.22. The van der Waals surface area contributed by atoms with Gasteiger partial charge in [0.25, 0.3) is 0 Å². The molecule has 0 amide bonds. The fourth-order valence-electron chi connectivity index (χ4n) is 1.95. The number of anilines is 2. The van der Waals surface area contributed by atoms with Crippen LogP contribution in [-0.2, 0) is 4.74 Å². The molecule has 0 aromatic carbocycles. The molecule has 3 heterocycles. The predicted octanol–water partition coefficient (Wildman–Crippen LogP) is -0.134. The van der Waals surface area contributed by atoms with E-state index < -0.39 is 0 Å². The molecular formula is C11H15N7O. The first-order valence-corrected chi connectivity index (χ1v) is 6.15. The van der Waals surface area contributed by atoms with Crippen molar-refractivity contribution in [2.75, 3.05) is 36.9 Å². The van der Waals surface area contributed by atoms with Crippen LogP contribution in [0.1, 0.15) is 6.42 Å². The summed E-state index contributed by atoms with van der Waals surface area (Å²) in [6.45, 7) is 3.05. The second-order valence-electron chi connectivity index (χ2n) is 4.22. The van der Waals surface area contributed by atoms with E-state index in [0.29, 0.717) is 18.5 Å². The van der Waals surface area contributed by atoms with E-state index in [4.69, 9.17) is 10.5 Å². The molecule has 3 rings (SSSR count). The third-order valence-corrected chi connectivity index (χ3v) is 2.87. The lowest BCUT2D eigenvalue weighted by Crippen LogP contribution is -2.28. The average Bonchev–Trinajstić information content (AvgIpc) is 2.81. The summed E-state index contributed by atoms with van der Waals surface area (Å²) < 4.78 is 7.12. The van der Waals surface area contributed by atoms with Gasteiger partial charge in [0.05, 0.1) is 6.61 Å². The Morgan fingerprint density at radius 2 is 2.00 bits per heavy atom. The molecule has 0 aliphatic carbocycles. The number of ether oxygens (including phenoxy) is 1. The Kier molecular flexibility index (Phi) is 3.23. The molecule has 0 atom stereocenters. The fourth-order valence-corrected chi connectivity index (χ4v) is 1.95. The average molecular weight is 261 g/mol. The summed E-state index contributed by atoms with van der Waals surface area (Å²) >= 11 is 0. The number of nitrogen functional groups attached to an aromatic ring is 1. The van der Waals surface area contributed by atoms with Gasteiger partial charge in [0.2, 0.25) is 17.8 Å². The minimum Gasteiger partial charge on any atom is -0.380 e. The van der Waals surface area contributed by atoms with Crippen LogP contribution >= 0.6 is 0 Å². The zero-order valence-corrected chi connectivity index (χ0v) is 10.4. The normalized spacial score (nSPS) is 16.3. The summed E-state index contributed by atoms with van der Waals surface area (Å²) in [7, 11) is 0. The molecule has 2 aromatic heterocycles. The minimum atomic E-state index is 0.207. The maximum Gasteiger partial charge on any atom is 0.241 e. The van der Waals surface area contributed by atoms with Gasteiger partial charge in [-0.15, -0.1) is 0 Å². The molecule has 2 aromatic rings. The molecule has 0 spiro atoms. The van der Waals surface area contributed by atoms with Crippen LogP contribution in [0, 0.1) is 0 Å². The number of aromatic nitrogens is 5. The molecule has 1 fully saturated rings. The van der Waals surface area contributed by atoms with Gasteiger partial charge in [-0.2, -0.15) is 15.0 Å². The molecule has 1 saturated heterocycles. The third-order valence-electron chi connectivity index (χ3n) is 2.87. The zero-order chi connectivity index (χ0) is 13.1. The standard InChI is InChI=1S/C11H15N7O/c12-9-14-10(17-3-1-6-19-7-5-17)16-11(15-9)18-4-2-13-8-18/h2,4,8H,1,3,5-7H2,(H2,12,14,15,16). The van der Waals surface area contributed by atoms with Gasteiger partial charge < -0.3 is 15.4 Å². The van der Waals surface area contributed by atoms with Gasteiger partial charge in [-0.25, -0.2) is 4.98 Å². The number of nitrogens with zero attached hydrogens (tertiary/aromatic N) is 6. The van der Waals surface area contributed by atoms with Crippen molar-refractivity contribution in [1.29, 1.82) is 0 Å². The van der Waals surface area contributed by atoms with E-state index >= 15 is 0 Å². The highest BCUT2D eigenvalue weighted by atomic mass is 16.5. The first kappa shape index (κ1) is 11.8. The first-order valence-electron chi connectivity index (χ1n) is 6.15. The molecule has 19 heavy (non-hydrogen) atoms. The Labute approximate surface area is 110 Å². The summed E-state index contributed by atoms with van der Waals surface area (Å²) in [6, 6.07) is 0. The highest BCUT2D eigenvalue weighted by Gasteiger charge is 2.15. The van der Waals surface area contributed by atoms with Crippen LogP contribution < -0.4 is 10.6 Å². The molecule has 100 valence electrons. The highest BCUT2D eigenvalue weighted by molar-refractivity contribution is 5.38. The van der Waals surface area contributed by atoms with E-state index in [1.54, 1.807) is 23.3 Å². The molecule has 1 aliphatic rings. The largest absolute Gasteiger partial charge is 0.380 e. The van der Waals surface area contributed by atoms with Crippen molar-refractivity contribution >= 4 is 11.9 Å². The Morgan fingerprint density at radius 3 is 2.84 bits per heavy atom. The quantitative estimate of drug-likeness (QED) is 0.804. The van der Waals surface area contributed by atoms with E-state index in [9.17, 15) is 0 Å². The molecule has 0 unspecified atom stereocenters. The van der Waals surface area contributed by atoms with Gasteiger partial charge in [0.15, 0.2) is 0 Å². The first-order chi connectivity index (χ1) is 9.33. The number of nitrogens with two attached hydrogens (primary N) is 1. The van der Waals surface area contributed by atoms with Crippen molar-refractivity contribution in [2.24, 2.45) is 0 Å². The summed E-state index contributed by atoms with van der Waals surface area (Å²) in [6.07, 6.45) is 6.01.